The van der Waals surface area contributed by atoms with Crippen LogP contribution in [0.4, 0.5) is 0 Å². The Morgan fingerprint density at radius 2 is 2.05 bits per heavy atom. The third kappa shape index (κ3) is 1.32. The van der Waals surface area contributed by atoms with Crippen molar-refractivity contribution >= 4 is 17.1 Å². The summed E-state index contributed by atoms with van der Waals surface area (Å²) in [5, 5.41) is 3.58. The Kier molecular flexibility index (Phi) is 1.90. The zero-order valence-electron chi connectivity index (χ0n) is 13.2. The van der Waals surface area contributed by atoms with Gasteiger partial charge in [-0.15, -0.1) is 0 Å². The number of ether oxygens (including phenoxy) is 2. The van der Waals surface area contributed by atoms with Crippen molar-refractivity contribution < 1.29 is 18.7 Å². The molecule has 1 saturated carbocycles. The van der Waals surface area contributed by atoms with Crippen LogP contribution in [0.3, 0.4) is 0 Å². The van der Waals surface area contributed by atoms with E-state index in [9.17, 15) is 4.79 Å². The molecular formula is C17H19NO4. The zero-order chi connectivity index (χ0) is 15.5. The average Bonchev–Trinajstić information content (AvgIpc) is 2.99. The number of nitrogens with one attached hydrogen (secondary N) is 1. The Balaban J connectivity index is 1.43. The van der Waals surface area contributed by atoms with Gasteiger partial charge in [-0.3, -0.25) is 0 Å². The molecule has 2 aromatic rings. The lowest BCUT2D eigenvalue weighted by atomic mass is 9.87. The standard InChI is InChI=1S/C17H19NO4/c1-15(2)6-17(15,14-16(3,4)18-14)7-20-11-9-5-8-10(21-9)12(11)22-13(8)19/h5,14,18H,6-7H2,1-4H3. The molecule has 2 aromatic heterocycles. The van der Waals surface area contributed by atoms with Crippen LogP contribution in [0, 0.1) is 10.8 Å². The summed E-state index contributed by atoms with van der Waals surface area (Å²) in [7, 11) is 0. The van der Waals surface area contributed by atoms with Crippen LogP contribution in [-0.4, -0.2) is 24.2 Å². The van der Waals surface area contributed by atoms with Gasteiger partial charge in [0.2, 0.25) is 11.5 Å². The van der Waals surface area contributed by atoms with Crippen LogP contribution in [0.2, 0.25) is 0 Å². The molecule has 0 radical (unpaired) electrons. The minimum Gasteiger partial charge on any atom is -0.486 e. The van der Waals surface area contributed by atoms with Crippen molar-refractivity contribution in [2.24, 2.45) is 10.8 Å². The first-order valence-electron chi connectivity index (χ1n) is 7.77. The third-order valence-corrected chi connectivity index (χ3v) is 5.94. The van der Waals surface area contributed by atoms with E-state index in [0.29, 0.717) is 40.9 Å². The van der Waals surface area contributed by atoms with Gasteiger partial charge in [0, 0.05) is 23.1 Å². The highest BCUT2D eigenvalue weighted by Crippen LogP contribution is 2.70. The Labute approximate surface area is 128 Å². The molecule has 2 unspecified atom stereocenters. The number of hydrogen-bond donors (Lipinski definition) is 1. The van der Waals surface area contributed by atoms with Gasteiger partial charge in [0.25, 0.3) is 0 Å². The largest absolute Gasteiger partial charge is 0.486 e. The van der Waals surface area contributed by atoms with Gasteiger partial charge in [-0.1, -0.05) is 13.8 Å². The number of benzene rings is 1. The Bertz CT molecular complexity index is 818. The molecule has 2 aliphatic heterocycles. The van der Waals surface area contributed by atoms with Gasteiger partial charge in [-0.25, -0.2) is 4.79 Å². The first-order chi connectivity index (χ1) is 10.3. The van der Waals surface area contributed by atoms with Crippen molar-refractivity contribution in [2.75, 3.05) is 6.61 Å². The van der Waals surface area contributed by atoms with Crippen LogP contribution in [0.15, 0.2) is 10.5 Å². The van der Waals surface area contributed by atoms with E-state index in [1.54, 1.807) is 6.07 Å². The normalized spacial score (nSPS) is 33.3. The molecule has 3 aliphatic rings. The fourth-order valence-corrected chi connectivity index (χ4v) is 4.34. The number of fused-ring (bicyclic) bond motifs is 1. The molecule has 0 spiro atoms. The van der Waals surface area contributed by atoms with Crippen molar-refractivity contribution in [1.29, 1.82) is 0 Å². The lowest BCUT2D eigenvalue weighted by molar-refractivity contribution is 0.0748. The van der Waals surface area contributed by atoms with E-state index in [0.717, 1.165) is 6.42 Å². The van der Waals surface area contributed by atoms with Crippen LogP contribution < -0.4 is 14.8 Å². The molecule has 0 amide bonds. The molecule has 116 valence electrons. The number of hydrogen-bond acceptors (Lipinski definition) is 5. The van der Waals surface area contributed by atoms with Gasteiger partial charge in [0.05, 0.1) is 6.61 Å². The van der Waals surface area contributed by atoms with Crippen LogP contribution in [0.5, 0.6) is 11.5 Å². The highest BCUT2D eigenvalue weighted by Gasteiger charge is 2.73. The highest BCUT2D eigenvalue weighted by molar-refractivity contribution is 6.10. The maximum atomic E-state index is 11.7. The lowest BCUT2D eigenvalue weighted by Gasteiger charge is -2.21. The molecule has 5 nitrogen and oxygen atoms in total. The molecule has 4 heterocycles. The fourth-order valence-electron chi connectivity index (χ4n) is 4.34. The van der Waals surface area contributed by atoms with Gasteiger partial charge in [-0.2, -0.15) is 0 Å². The van der Waals surface area contributed by atoms with E-state index in [4.69, 9.17) is 13.9 Å². The molecule has 5 heteroatoms. The number of carbonyl (C=O) groups excluding carboxylic acids is 1. The van der Waals surface area contributed by atoms with Crippen molar-refractivity contribution in [3.05, 3.63) is 11.6 Å². The predicted molar refractivity (Wildman–Crippen MR) is 79.7 cm³/mol. The topological polar surface area (TPSA) is 70.6 Å². The van der Waals surface area contributed by atoms with Gasteiger partial charge >= 0.3 is 5.97 Å². The molecule has 5 rings (SSSR count). The van der Waals surface area contributed by atoms with E-state index >= 15 is 0 Å². The van der Waals surface area contributed by atoms with Crippen molar-refractivity contribution in [2.45, 2.75) is 45.7 Å². The van der Waals surface area contributed by atoms with Crippen molar-refractivity contribution in [1.82, 2.24) is 5.32 Å². The minimum atomic E-state index is -0.343. The van der Waals surface area contributed by atoms with Crippen LogP contribution in [0.25, 0.3) is 11.2 Å². The van der Waals surface area contributed by atoms with Crippen molar-refractivity contribution in [3.8, 4) is 11.5 Å². The molecule has 1 aliphatic carbocycles. The quantitative estimate of drug-likeness (QED) is 0.694. The maximum Gasteiger partial charge on any atom is 0.347 e. The second kappa shape index (κ2) is 3.27. The predicted octanol–water partition coefficient (Wildman–Crippen LogP) is 2.95. The molecule has 1 saturated heterocycles. The summed E-state index contributed by atoms with van der Waals surface area (Å²) in [6.45, 7) is 9.65. The second-order valence-corrected chi connectivity index (χ2v) is 8.21. The first-order valence-corrected chi connectivity index (χ1v) is 7.77. The van der Waals surface area contributed by atoms with Crippen LogP contribution in [0.1, 0.15) is 44.5 Å². The van der Waals surface area contributed by atoms with E-state index in [-0.39, 0.29) is 22.3 Å². The summed E-state index contributed by atoms with van der Waals surface area (Å²) in [5.41, 5.74) is 2.23. The lowest BCUT2D eigenvalue weighted by Crippen LogP contribution is -2.28. The average molecular weight is 301 g/mol. The van der Waals surface area contributed by atoms with Gasteiger partial charge in [0.1, 0.15) is 5.56 Å². The van der Waals surface area contributed by atoms with E-state index < -0.39 is 0 Å². The SMILES string of the molecule is CC1(C)NC1C1(COc2c3c4oc2cc4C(=O)O3)CC1(C)C. The van der Waals surface area contributed by atoms with Crippen LogP contribution >= 0.6 is 0 Å². The van der Waals surface area contributed by atoms with Gasteiger partial charge in [-0.05, 0) is 25.7 Å². The fraction of sp³-hybridized carbons (Fsp3) is 0.588. The molecule has 2 atom stereocenters. The molecule has 2 bridgehead atoms. The first kappa shape index (κ1) is 12.8. The maximum absolute atomic E-state index is 11.7. The second-order valence-electron chi connectivity index (χ2n) is 8.21. The minimum absolute atomic E-state index is 0.131. The number of furan rings is 2. The van der Waals surface area contributed by atoms with Gasteiger partial charge in [0.15, 0.2) is 11.2 Å². The summed E-state index contributed by atoms with van der Waals surface area (Å²) in [4.78, 5) is 11.7. The van der Waals surface area contributed by atoms with E-state index in [1.165, 1.54) is 0 Å². The number of esters is 1. The van der Waals surface area contributed by atoms with E-state index in [1.807, 2.05) is 0 Å². The van der Waals surface area contributed by atoms with Crippen LogP contribution in [-0.2, 0) is 0 Å². The van der Waals surface area contributed by atoms with Crippen molar-refractivity contribution in [3.63, 3.8) is 0 Å². The van der Waals surface area contributed by atoms with Gasteiger partial charge < -0.3 is 19.2 Å². The Morgan fingerprint density at radius 1 is 1.36 bits per heavy atom. The summed E-state index contributed by atoms with van der Waals surface area (Å²) in [5.74, 6) is 0.712. The summed E-state index contributed by atoms with van der Waals surface area (Å²) in [6, 6.07) is 2.18. The molecule has 1 N–H and O–H groups in total. The third-order valence-electron chi connectivity index (χ3n) is 5.94. The number of rotatable bonds is 4. The Hall–Kier alpha value is -1.75. The summed E-state index contributed by atoms with van der Waals surface area (Å²) < 4.78 is 16.9. The molecule has 2 fully saturated rings. The molecule has 0 aromatic carbocycles. The summed E-state index contributed by atoms with van der Waals surface area (Å²) >= 11 is 0. The Morgan fingerprint density at radius 3 is 2.64 bits per heavy atom. The van der Waals surface area contributed by atoms with E-state index in [2.05, 4.69) is 33.0 Å². The molecular weight excluding hydrogens is 282 g/mol. The zero-order valence-corrected chi connectivity index (χ0v) is 13.2. The smallest absolute Gasteiger partial charge is 0.347 e. The number of carbonyl (C=O) groups is 1. The summed E-state index contributed by atoms with van der Waals surface area (Å²) in [6.07, 6.45) is 1.14. The molecule has 22 heavy (non-hydrogen) atoms. The monoisotopic (exact) mass is 301 g/mol. The highest BCUT2D eigenvalue weighted by atomic mass is 16.6.